The number of hydrogen-bond donors (Lipinski definition) is 1. The number of hydrogen-bond acceptors (Lipinski definition) is 4. The van der Waals surface area contributed by atoms with E-state index in [1.165, 1.54) is 23.9 Å². The number of likely N-dealkylation sites (tertiary alicyclic amines) is 1. The van der Waals surface area contributed by atoms with Gasteiger partial charge in [0.25, 0.3) is 0 Å². The number of methoxy groups -OCH3 is 1. The molecule has 22 heavy (non-hydrogen) atoms. The number of rotatable bonds is 3. The molecule has 3 rings (SSSR count). The third kappa shape index (κ3) is 2.82. The van der Waals surface area contributed by atoms with E-state index < -0.39 is 0 Å². The number of carbonyl (C=O) groups excluding carboxylic acids is 1. The van der Waals surface area contributed by atoms with Crippen molar-refractivity contribution in [2.24, 2.45) is 11.3 Å². The first-order chi connectivity index (χ1) is 10.0. The fraction of sp³-hybridized carbons (Fsp3) is 0.588. The van der Waals surface area contributed by atoms with Gasteiger partial charge in [0.05, 0.1) is 12.5 Å². The first kappa shape index (κ1) is 17.1. The highest BCUT2D eigenvalue weighted by molar-refractivity contribution is 5.85. The number of ether oxygens (including phenoxy) is 1. The van der Waals surface area contributed by atoms with Crippen LogP contribution in [-0.4, -0.2) is 37.6 Å². The third-order valence-electron chi connectivity index (χ3n) is 5.15. The van der Waals surface area contributed by atoms with Gasteiger partial charge in [0, 0.05) is 31.9 Å². The maximum atomic E-state index is 12.1. The van der Waals surface area contributed by atoms with E-state index in [-0.39, 0.29) is 23.8 Å². The van der Waals surface area contributed by atoms with Gasteiger partial charge >= 0.3 is 5.97 Å². The SMILES string of the molecule is COC(=O)[C@]1(C)CN(Cc2cccc3c2NCC3)C[C@H]1C.Cl. The predicted molar refractivity (Wildman–Crippen MR) is 90.4 cm³/mol. The topological polar surface area (TPSA) is 41.6 Å². The average molecular weight is 325 g/mol. The molecule has 1 saturated heterocycles. The van der Waals surface area contributed by atoms with E-state index in [0.29, 0.717) is 5.92 Å². The molecule has 122 valence electrons. The Morgan fingerprint density at radius 2 is 2.27 bits per heavy atom. The average Bonchev–Trinajstić information content (AvgIpc) is 3.05. The van der Waals surface area contributed by atoms with Gasteiger partial charge in [0.1, 0.15) is 0 Å². The predicted octanol–water partition coefficient (Wildman–Crippen LogP) is 2.71. The standard InChI is InChI=1S/C17H24N2O2.ClH/c1-12-9-19(11-17(12,2)16(20)21-3)10-14-6-4-5-13-7-8-18-15(13)14;/h4-6,12,18H,7-11H2,1-3H3;1H/t12-,17-;/m1./s1. The third-order valence-corrected chi connectivity index (χ3v) is 5.15. The molecule has 2 atom stereocenters. The van der Waals surface area contributed by atoms with E-state index in [1.54, 1.807) is 0 Å². The normalized spacial score (nSPS) is 27.0. The van der Waals surface area contributed by atoms with Gasteiger partial charge in [-0.3, -0.25) is 9.69 Å². The second-order valence-corrected chi connectivity index (χ2v) is 6.61. The lowest BCUT2D eigenvalue weighted by molar-refractivity contribution is -0.152. The van der Waals surface area contributed by atoms with E-state index >= 15 is 0 Å². The summed E-state index contributed by atoms with van der Waals surface area (Å²) in [5.74, 6) is 0.226. The second kappa shape index (κ2) is 6.47. The van der Waals surface area contributed by atoms with Crippen LogP contribution in [-0.2, 0) is 22.5 Å². The summed E-state index contributed by atoms with van der Waals surface area (Å²) in [5, 5.41) is 3.49. The maximum Gasteiger partial charge on any atom is 0.313 e. The van der Waals surface area contributed by atoms with Gasteiger partial charge in [-0.1, -0.05) is 25.1 Å². The van der Waals surface area contributed by atoms with Gasteiger partial charge in [0.15, 0.2) is 0 Å². The van der Waals surface area contributed by atoms with Gasteiger partial charge in [0.2, 0.25) is 0 Å². The molecule has 0 unspecified atom stereocenters. The van der Waals surface area contributed by atoms with Crippen molar-refractivity contribution in [1.29, 1.82) is 0 Å². The van der Waals surface area contributed by atoms with E-state index in [2.05, 4.69) is 35.3 Å². The molecule has 0 spiro atoms. The number of nitrogens with one attached hydrogen (secondary N) is 1. The zero-order valence-corrected chi connectivity index (χ0v) is 14.3. The molecule has 0 bridgehead atoms. The summed E-state index contributed by atoms with van der Waals surface area (Å²) in [7, 11) is 1.48. The number of carbonyl (C=O) groups is 1. The molecule has 1 aromatic carbocycles. The molecule has 0 amide bonds. The molecule has 2 aliphatic rings. The zero-order valence-electron chi connectivity index (χ0n) is 13.5. The minimum atomic E-state index is -0.389. The first-order valence-electron chi connectivity index (χ1n) is 7.70. The quantitative estimate of drug-likeness (QED) is 0.868. The molecule has 0 aromatic heterocycles. The highest BCUT2D eigenvalue weighted by Crippen LogP contribution is 2.38. The lowest BCUT2D eigenvalue weighted by Gasteiger charge is -2.25. The summed E-state index contributed by atoms with van der Waals surface area (Å²) >= 11 is 0. The van der Waals surface area contributed by atoms with Crippen molar-refractivity contribution in [3.05, 3.63) is 29.3 Å². The van der Waals surface area contributed by atoms with Crippen LogP contribution in [0.3, 0.4) is 0 Å². The first-order valence-corrected chi connectivity index (χ1v) is 7.70. The smallest absolute Gasteiger partial charge is 0.313 e. The maximum absolute atomic E-state index is 12.1. The van der Waals surface area contributed by atoms with Gasteiger partial charge in [-0.25, -0.2) is 0 Å². The van der Waals surface area contributed by atoms with Crippen LogP contribution in [0.4, 0.5) is 5.69 Å². The lowest BCUT2D eigenvalue weighted by Crippen LogP contribution is -2.36. The molecule has 2 heterocycles. The van der Waals surface area contributed by atoms with Crippen molar-refractivity contribution in [2.45, 2.75) is 26.8 Å². The monoisotopic (exact) mass is 324 g/mol. The molecular formula is C17H25ClN2O2. The van der Waals surface area contributed by atoms with E-state index in [0.717, 1.165) is 32.6 Å². The van der Waals surface area contributed by atoms with Crippen LogP contribution in [0.2, 0.25) is 0 Å². The van der Waals surface area contributed by atoms with Crippen LogP contribution in [0.25, 0.3) is 0 Å². The van der Waals surface area contributed by atoms with Crippen LogP contribution in [0.15, 0.2) is 18.2 Å². The molecule has 5 heteroatoms. The van der Waals surface area contributed by atoms with E-state index in [4.69, 9.17) is 4.74 Å². The van der Waals surface area contributed by atoms with Gasteiger partial charge in [-0.15, -0.1) is 12.4 Å². The number of fused-ring (bicyclic) bond motifs is 1. The van der Waals surface area contributed by atoms with Crippen LogP contribution < -0.4 is 5.32 Å². The second-order valence-electron chi connectivity index (χ2n) is 6.61. The molecule has 1 aromatic rings. The molecule has 0 saturated carbocycles. The minimum absolute atomic E-state index is 0. The number of para-hydroxylation sites is 1. The summed E-state index contributed by atoms with van der Waals surface area (Å²) in [4.78, 5) is 14.4. The Balaban J connectivity index is 0.00000176. The fourth-order valence-electron chi connectivity index (χ4n) is 3.68. The van der Waals surface area contributed by atoms with E-state index in [1.807, 2.05) is 6.92 Å². The molecule has 2 aliphatic heterocycles. The Morgan fingerprint density at radius 3 is 3.00 bits per heavy atom. The number of halogens is 1. The Labute approximate surface area is 138 Å². The van der Waals surface area contributed by atoms with Crippen molar-refractivity contribution in [3.8, 4) is 0 Å². The molecule has 4 nitrogen and oxygen atoms in total. The van der Waals surface area contributed by atoms with Crippen LogP contribution in [0.5, 0.6) is 0 Å². The van der Waals surface area contributed by atoms with Crippen molar-refractivity contribution in [3.63, 3.8) is 0 Å². The van der Waals surface area contributed by atoms with Crippen LogP contribution >= 0.6 is 12.4 Å². The van der Waals surface area contributed by atoms with Gasteiger partial charge in [-0.2, -0.15) is 0 Å². The highest BCUT2D eigenvalue weighted by Gasteiger charge is 2.47. The number of benzene rings is 1. The van der Waals surface area contributed by atoms with Crippen molar-refractivity contribution >= 4 is 24.1 Å². The summed E-state index contributed by atoms with van der Waals surface area (Å²) in [5.41, 5.74) is 3.67. The summed E-state index contributed by atoms with van der Waals surface area (Å²) in [6, 6.07) is 6.53. The number of esters is 1. The summed E-state index contributed by atoms with van der Waals surface area (Å²) in [6.45, 7) is 7.80. The van der Waals surface area contributed by atoms with Crippen LogP contribution in [0, 0.1) is 11.3 Å². The Morgan fingerprint density at radius 1 is 1.50 bits per heavy atom. The molecule has 1 fully saturated rings. The molecule has 0 aliphatic carbocycles. The highest BCUT2D eigenvalue weighted by atomic mass is 35.5. The van der Waals surface area contributed by atoms with Gasteiger partial charge in [-0.05, 0) is 30.4 Å². The Hall–Kier alpha value is -1.26. The Kier molecular flexibility index (Phi) is 5.03. The summed E-state index contributed by atoms with van der Waals surface area (Å²) in [6.07, 6.45) is 1.11. The molecule has 1 N–H and O–H groups in total. The Bertz CT molecular complexity index is 564. The summed E-state index contributed by atoms with van der Waals surface area (Å²) < 4.78 is 5.00. The molecule has 0 radical (unpaired) electrons. The fourth-order valence-corrected chi connectivity index (χ4v) is 3.68. The van der Waals surface area contributed by atoms with Crippen molar-refractivity contribution in [2.75, 3.05) is 32.1 Å². The van der Waals surface area contributed by atoms with Crippen molar-refractivity contribution in [1.82, 2.24) is 4.90 Å². The minimum Gasteiger partial charge on any atom is -0.469 e. The van der Waals surface area contributed by atoms with Crippen LogP contribution in [0.1, 0.15) is 25.0 Å². The lowest BCUT2D eigenvalue weighted by atomic mass is 9.81. The number of nitrogens with zero attached hydrogens (tertiary/aromatic N) is 1. The number of anilines is 1. The van der Waals surface area contributed by atoms with E-state index in [9.17, 15) is 4.79 Å². The van der Waals surface area contributed by atoms with Crippen molar-refractivity contribution < 1.29 is 9.53 Å². The largest absolute Gasteiger partial charge is 0.469 e. The zero-order chi connectivity index (χ0) is 15.0. The van der Waals surface area contributed by atoms with Gasteiger partial charge < -0.3 is 10.1 Å². The molecular weight excluding hydrogens is 300 g/mol.